The lowest BCUT2D eigenvalue weighted by Gasteiger charge is -2.22. The molecule has 0 aliphatic heterocycles. The van der Waals surface area contributed by atoms with E-state index in [9.17, 15) is 4.79 Å². The van der Waals surface area contributed by atoms with E-state index in [1.807, 2.05) is 13.2 Å². The Labute approximate surface area is 135 Å². The van der Waals surface area contributed by atoms with Gasteiger partial charge in [-0.15, -0.1) is 23.1 Å². The van der Waals surface area contributed by atoms with Crippen LogP contribution in [0.1, 0.15) is 42.3 Å². The van der Waals surface area contributed by atoms with E-state index in [1.54, 1.807) is 11.8 Å². The van der Waals surface area contributed by atoms with Crippen LogP contribution in [0.25, 0.3) is 0 Å². The number of anilines is 2. The molecule has 118 valence electrons. The first-order valence-corrected chi connectivity index (χ1v) is 9.58. The molecule has 0 spiro atoms. The number of carbonyl (C=O) groups is 1. The van der Waals surface area contributed by atoms with Crippen molar-refractivity contribution >= 4 is 39.7 Å². The first-order chi connectivity index (χ1) is 10.1. The zero-order valence-corrected chi connectivity index (χ0v) is 14.7. The number of nitrogens with one attached hydrogen (secondary N) is 1. The van der Waals surface area contributed by atoms with Gasteiger partial charge in [0.1, 0.15) is 9.88 Å². The summed E-state index contributed by atoms with van der Waals surface area (Å²) in [4.78, 5) is 16.1. The fourth-order valence-corrected chi connectivity index (χ4v) is 5.03. The summed E-state index contributed by atoms with van der Waals surface area (Å²) in [6, 6.07) is 0. The number of carbonyl (C=O) groups excluding carboxylic acids is 1. The van der Waals surface area contributed by atoms with Crippen molar-refractivity contribution in [2.24, 2.45) is 5.92 Å². The third kappa shape index (κ3) is 3.66. The van der Waals surface area contributed by atoms with E-state index < -0.39 is 0 Å². The Bertz CT molecular complexity index is 495. The van der Waals surface area contributed by atoms with Crippen molar-refractivity contribution in [3.05, 3.63) is 4.88 Å². The molecule has 1 fully saturated rings. The van der Waals surface area contributed by atoms with E-state index >= 15 is 0 Å². The van der Waals surface area contributed by atoms with Gasteiger partial charge < -0.3 is 16.0 Å². The highest BCUT2D eigenvalue weighted by atomic mass is 32.2. The van der Waals surface area contributed by atoms with Gasteiger partial charge in [0.05, 0.1) is 10.6 Å². The molecule has 4 nitrogen and oxygen atoms in total. The van der Waals surface area contributed by atoms with Crippen molar-refractivity contribution in [1.29, 1.82) is 0 Å². The summed E-state index contributed by atoms with van der Waals surface area (Å²) < 4.78 is 0. The fraction of sp³-hybridized carbons (Fsp3) is 0.667. The van der Waals surface area contributed by atoms with Gasteiger partial charge in [-0.25, -0.2) is 0 Å². The van der Waals surface area contributed by atoms with Gasteiger partial charge in [-0.05, 0) is 31.9 Å². The molecule has 0 unspecified atom stereocenters. The van der Waals surface area contributed by atoms with Crippen LogP contribution >= 0.6 is 23.1 Å². The Hall–Kier alpha value is -0.880. The van der Waals surface area contributed by atoms with Crippen molar-refractivity contribution in [1.82, 2.24) is 5.32 Å². The second-order valence-electron chi connectivity index (χ2n) is 5.57. The maximum absolute atomic E-state index is 12.1. The van der Waals surface area contributed by atoms with Gasteiger partial charge >= 0.3 is 0 Å². The number of nitrogens with two attached hydrogens (primary N) is 1. The lowest BCUT2D eigenvalue weighted by molar-refractivity contribution is 0.0960. The van der Waals surface area contributed by atoms with E-state index in [4.69, 9.17) is 5.73 Å². The van der Waals surface area contributed by atoms with E-state index in [2.05, 4.69) is 17.3 Å². The molecule has 1 aromatic rings. The predicted octanol–water partition coefficient (Wildman–Crippen LogP) is 3.43. The monoisotopic (exact) mass is 327 g/mol. The van der Waals surface area contributed by atoms with E-state index in [1.165, 1.54) is 37.0 Å². The van der Waals surface area contributed by atoms with Gasteiger partial charge in [-0.2, -0.15) is 0 Å². The van der Waals surface area contributed by atoms with Gasteiger partial charge in [0, 0.05) is 20.1 Å². The summed E-state index contributed by atoms with van der Waals surface area (Å²) in [6.45, 7) is 3.60. The molecule has 0 saturated heterocycles. The van der Waals surface area contributed by atoms with Crippen molar-refractivity contribution in [2.75, 3.05) is 37.0 Å². The van der Waals surface area contributed by atoms with E-state index in [0.717, 1.165) is 22.4 Å². The first-order valence-electron chi connectivity index (χ1n) is 7.54. The molecule has 1 heterocycles. The second kappa shape index (κ2) is 7.40. The second-order valence-corrected chi connectivity index (χ2v) is 7.39. The molecule has 1 amide bonds. The zero-order valence-electron chi connectivity index (χ0n) is 13.1. The average molecular weight is 328 g/mol. The number of nitrogen functional groups attached to an aromatic ring is 1. The Kier molecular flexibility index (Phi) is 5.81. The number of nitrogens with zero attached hydrogens (tertiary/aromatic N) is 1. The Morgan fingerprint density at radius 2 is 2.14 bits per heavy atom. The van der Waals surface area contributed by atoms with Crippen molar-refractivity contribution < 1.29 is 4.79 Å². The van der Waals surface area contributed by atoms with Gasteiger partial charge in [-0.1, -0.05) is 12.8 Å². The molecule has 0 bridgehead atoms. The van der Waals surface area contributed by atoms with Crippen LogP contribution in [0, 0.1) is 5.92 Å². The van der Waals surface area contributed by atoms with Crippen molar-refractivity contribution in [3.63, 3.8) is 0 Å². The van der Waals surface area contributed by atoms with Gasteiger partial charge in [0.15, 0.2) is 0 Å². The smallest absolute Gasteiger partial charge is 0.263 e. The van der Waals surface area contributed by atoms with Crippen molar-refractivity contribution in [3.8, 4) is 0 Å². The molecule has 6 heteroatoms. The third-order valence-corrected chi connectivity index (χ3v) is 6.25. The van der Waals surface area contributed by atoms with Crippen LogP contribution < -0.4 is 16.0 Å². The molecule has 1 aliphatic rings. The SMILES string of the molecule is CCNC(=O)c1sc(N(C)CC2CCCC2)c(SC)c1N. The number of hydrogen-bond donors (Lipinski definition) is 2. The summed E-state index contributed by atoms with van der Waals surface area (Å²) >= 11 is 3.15. The minimum absolute atomic E-state index is 0.0594. The third-order valence-electron chi connectivity index (χ3n) is 3.98. The molecule has 21 heavy (non-hydrogen) atoms. The highest BCUT2D eigenvalue weighted by Gasteiger charge is 2.24. The Morgan fingerprint density at radius 3 is 2.71 bits per heavy atom. The summed E-state index contributed by atoms with van der Waals surface area (Å²) in [5.74, 6) is 0.719. The highest BCUT2D eigenvalue weighted by Crippen LogP contribution is 2.44. The van der Waals surface area contributed by atoms with E-state index in [-0.39, 0.29) is 5.91 Å². The fourth-order valence-electron chi connectivity index (χ4n) is 2.94. The normalized spacial score (nSPS) is 15.4. The molecule has 0 atom stereocenters. The number of thiophene rings is 1. The summed E-state index contributed by atoms with van der Waals surface area (Å²) in [5.41, 5.74) is 6.83. The summed E-state index contributed by atoms with van der Waals surface area (Å²) in [5, 5.41) is 3.98. The molecule has 3 N–H and O–H groups in total. The quantitative estimate of drug-likeness (QED) is 0.786. The molecule has 0 aromatic carbocycles. The highest BCUT2D eigenvalue weighted by molar-refractivity contribution is 7.99. The molecule has 1 aromatic heterocycles. The lowest BCUT2D eigenvalue weighted by atomic mass is 10.1. The number of hydrogen-bond acceptors (Lipinski definition) is 5. The van der Waals surface area contributed by atoms with E-state index in [0.29, 0.717) is 17.1 Å². The van der Waals surface area contributed by atoms with Crippen LogP contribution in [-0.4, -0.2) is 32.3 Å². The standard InChI is InChI=1S/C15H25N3OS2/c1-4-17-14(19)12-11(16)13(20-3)15(21-12)18(2)9-10-7-5-6-8-10/h10H,4-9,16H2,1-3H3,(H,17,19). The molecular formula is C15H25N3OS2. The zero-order chi connectivity index (χ0) is 15.4. The maximum atomic E-state index is 12.1. The Morgan fingerprint density at radius 1 is 1.48 bits per heavy atom. The minimum atomic E-state index is -0.0594. The molecule has 0 radical (unpaired) electrons. The van der Waals surface area contributed by atoms with Crippen molar-refractivity contribution in [2.45, 2.75) is 37.5 Å². The lowest BCUT2D eigenvalue weighted by Crippen LogP contribution is -2.23. The number of amides is 1. The van der Waals surface area contributed by atoms with Crippen LogP contribution in [0.15, 0.2) is 4.90 Å². The van der Waals surface area contributed by atoms with Crippen LogP contribution in [0.5, 0.6) is 0 Å². The molecular weight excluding hydrogens is 302 g/mol. The van der Waals surface area contributed by atoms with Crippen LogP contribution in [-0.2, 0) is 0 Å². The minimum Gasteiger partial charge on any atom is -0.396 e. The van der Waals surface area contributed by atoms with Crippen LogP contribution in [0.4, 0.5) is 10.7 Å². The molecule has 1 aliphatic carbocycles. The number of rotatable bonds is 6. The Balaban J connectivity index is 2.21. The maximum Gasteiger partial charge on any atom is 0.263 e. The molecule has 2 rings (SSSR count). The number of thioether (sulfide) groups is 1. The summed E-state index contributed by atoms with van der Waals surface area (Å²) in [6.07, 6.45) is 7.37. The topological polar surface area (TPSA) is 58.4 Å². The van der Waals surface area contributed by atoms with Gasteiger partial charge in [0.2, 0.25) is 0 Å². The van der Waals surface area contributed by atoms with Crippen LogP contribution in [0.2, 0.25) is 0 Å². The predicted molar refractivity (Wildman–Crippen MR) is 93.7 cm³/mol. The average Bonchev–Trinajstić information content (AvgIpc) is 3.06. The summed E-state index contributed by atoms with van der Waals surface area (Å²) in [7, 11) is 2.12. The molecule has 1 saturated carbocycles. The van der Waals surface area contributed by atoms with Gasteiger partial charge in [0.25, 0.3) is 5.91 Å². The van der Waals surface area contributed by atoms with Gasteiger partial charge in [-0.3, -0.25) is 4.79 Å². The largest absolute Gasteiger partial charge is 0.396 e. The first kappa shape index (κ1) is 16.5. The van der Waals surface area contributed by atoms with Crippen LogP contribution in [0.3, 0.4) is 0 Å².